The van der Waals surface area contributed by atoms with Gasteiger partial charge in [-0.2, -0.15) is 0 Å². The van der Waals surface area contributed by atoms with Crippen molar-refractivity contribution in [1.82, 2.24) is 0 Å². The molecule has 0 bridgehead atoms. The summed E-state index contributed by atoms with van der Waals surface area (Å²) in [6.07, 6.45) is 5.13. The van der Waals surface area contributed by atoms with E-state index in [2.05, 4.69) is 58.0 Å². The third kappa shape index (κ3) is 6.49. The number of carboxylic acid groups (broad SMARTS) is 1. The van der Waals surface area contributed by atoms with E-state index in [-0.39, 0.29) is 6.42 Å². The molecule has 1 aliphatic carbocycles. The van der Waals surface area contributed by atoms with Crippen LogP contribution in [0.1, 0.15) is 58.4 Å². The van der Waals surface area contributed by atoms with Crippen LogP contribution in [0.2, 0.25) is 0 Å². The third-order valence-electron chi connectivity index (χ3n) is 6.53. The number of benzene rings is 2. The molecule has 3 rings (SSSR count). The molecule has 0 amide bonds. The Labute approximate surface area is 187 Å². The number of nitrogens with zero attached hydrogens (tertiary/aromatic N) is 1. The molecule has 0 heterocycles. The Hall–Kier alpha value is -2.49. The van der Waals surface area contributed by atoms with Crippen LogP contribution in [0.15, 0.2) is 42.5 Å². The van der Waals surface area contributed by atoms with Gasteiger partial charge in [-0.15, -0.1) is 0 Å². The molecule has 4 heteroatoms. The molecule has 4 nitrogen and oxygen atoms in total. The highest BCUT2D eigenvalue weighted by Crippen LogP contribution is 2.39. The fourth-order valence-corrected chi connectivity index (χ4v) is 4.54. The lowest BCUT2D eigenvalue weighted by molar-refractivity contribution is -0.136. The molecule has 0 aromatic heterocycles. The maximum absolute atomic E-state index is 10.9. The van der Waals surface area contributed by atoms with Gasteiger partial charge in [-0.25, -0.2) is 0 Å². The first kappa shape index (κ1) is 23.2. The first-order chi connectivity index (χ1) is 14.6. The lowest BCUT2D eigenvalue weighted by atomic mass is 9.72. The molecule has 168 valence electrons. The smallest absolute Gasteiger partial charge is 0.305 e. The zero-order chi connectivity index (χ0) is 22.6. The topological polar surface area (TPSA) is 49.8 Å². The van der Waals surface area contributed by atoms with Crippen molar-refractivity contribution >= 4 is 11.7 Å². The van der Waals surface area contributed by atoms with Gasteiger partial charge in [0.25, 0.3) is 0 Å². The highest BCUT2D eigenvalue weighted by atomic mass is 16.5. The van der Waals surface area contributed by atoms with E-state index in [1.807, 2.05) is 24.1 Å². The Balaban J connectivity index is 1.72. The maximum Gasteiger partial charge on any atom is 0.305 e. The summed E-state index contributed by atoms with van der Waals surface area (Å²) in [4.78, 5) is 12.9. The van der Waals surface area contributed by atoms with Crippen LogP contribution < -0.4 is 9.64 Å². The van der Waals surface area contributed by atoms with Crippen molar-refractivity contribution in [3.63, 3.8) is 0 Å². The van der Waals surface area contributed by atoms with Crippen molar-refractivity contribution in [2.75, 3.05) is 18.5 Å². The third-order valence-corrected chi connectivity index (χ3v) is 6.53. The van der Waals surface area contributed by atoms with Crippen LogP contribution >= 0.6 is 0 Å². The summed E-state index contributed by atoms with van der Waals surface area (Å²) in [5.41, 5.74) is 4.82. The van der Waals surface area contributed by atoms with E-state index in [4.69, 9.17) is 9.84 Å². The Kier molecular flexibility index (Phi) is 7.30. The molecule has 31 heavy (non-hydrogen) atoms. The standard InChI is InChI=1S/C27H37NO3/c1-19-15-21(20-7-6-8-23(17-20)28(5)14-13-26(29)30)18-25(16-19)31-24-11-9-22(10-12-24)27(2,3)4/h6-8,15-18,22,24H,9-14H2,1-5H3,(H,29,30)/t22-,24-. The molecule has 1 fully saturated rings. The maximum atomic E-state index is 10.9. The minimum Gasteiger partial charge on any atom is -0.490 e. The van der Waals surface area contributed by atoms with Gasteiger partial charge in [0, 0.05) is 19.3 Å². The second-order valence-electron chi connectivity index (χ2n) is 10.1. The normalized spacial score (nSPS) is 19.1. The van der Waals surface area contributed by atoms with Crippen LogP contribution in [-0.2, 0) is 4.79 Å². The summed E-state index contributed by atoms with van der Waals surface area (Å²) in [5, 5.41) is 8.95. The average molecular weight is 424 g/mol. The number of rotatable bonds is 7. The Morgan fingerprint density at radius 1 is 1.06 bits per heavy atom. The zero-order valence-corrected chi connectivity index (χ0v) is 19.6. The molecule has 0 saturated heterocycles. The van der Waals surface area contributed by atoms with Gasteiger partial charge < -0.3 is 14.7 Å². The number of carbonyl (C=O) groups is 1. The number of aryl methyl sites for hydroxylation is 1. The number of ether oxygens (including phenoxy) is 1. The van der Waals surface area contributed by atoms with E-state index in [1.54, 1.807) is 0 Å². The number of anilines is 1. The molecule has 1 saturated carbocycles. The molecule has 0 unspecified atom stereocenters. The minimum absolute atomic E-state index is 0.126. The van der Waals surface area contributed by atoms with Crippen molar-refractivity contribution in [3.05, 3.63) is 48.0 Å². The summed E-state index contributed by atoms with van der Waals surface area (Å²) in [6, 6.07) is 14.7. The highest BCUT2D eigenvalue weighted by molar-refractivity contribution is 5.71. The molecule has 1 aliphatic rings. The van der Waals surface area contributed by atoms with Crippen LogP contribution in [0.3, 0.4) is 0 Å². The number of aliphatic carboxylic acids is 1. The molecular weight excluding hydrogens is 386 g/mol. The zero-order valence-electron chi connectivity index (χ0n) is 19.6. The van der Waals surface area contributed by atoms with E-state index >= 15 is 0 Å². The lowest BCUT2D eigenvalue weighted by Gasteiger charge is -2.37. The predicted octanol–water partition coefficient (Wildman–Crippen LogP) is 6.56. The van der Waals surface area contributed by atoms with Crippen LogP contribution in [0, 0.1) is 18.3 Å². The van der Waals surface area contributed by atoms with Gasteiger partial charge in [0.15, 0.2) is 0 Å². The second kappa shape index (κ2) is 9.76. The van der Waals surface area contributed by atoms with E-state index in [1.165, 1.54) is 18.4 Å². The van der Waals surface area contributed by atoms with E-state index in [0.29, 0.717) is 18.1 Å². The number of carboxylic acids is 1. The largest absolute Gasteiger partial charge is 0.490 e. The molecule has 2 aromatic carbocycles. The van der Waals surface area contributed by atoms with Crippen molar-refractivity contribution < 1.29 is 14.6 Å². The molecule has 0 atom stereocenters. The summed E-state index contributed by atoms with van der Waals surface area (Å²) in [7, 11) is 1.93. The Morgan fingerprint density at radius 2 is 1.77 bits per heavy atom. The van der Waals surface area contributed by atoms with Crippen molar-refractivity contribution in [1.29, 1.82) is 0 Å². The Morgan fingerprint density at radius 3 is 2.42 bits per heavy atom. The van der Waals surface area contributed by atoms with Gasteiger partial charge in [-0.05, 0) is 84.9 Å². The predicted molar refractivity (Wildman–Crippen MR) is 128 cm³/mol. The quantitative estimate of drug-likeness (QED) is 0.548. The molecular formula is C27H37NO3. The van der Waals surface area contributed by atoms with E-state index < -0.39 is 5.97 Å². The SMILES string of the molecule is Cc1cc(O[C@H]2CC[C@H](C(C)(C)C)CC2)cc(-c2cccc(N(C)CCC(=O)O)c2)c1. The highest BCUT2D eigenvalue weighted by Gasteiger charge is 2.30. The van der Waals surface area contributed by atoms with Gasteiger partial charge in [0.05, 0.1) is 12.5 Å². The first-order valence-electron chi connectivity index (χ1n) is 11.4. The van der Waals surface area contributed by atoms with E-state index in [0.717, 1.165) is 41.3 Å². The molecule has 0 aliphatic heterocycles. The van der Waals surface area contributed by atoms with Crippen LogP contribution in [0.25, 0.3) is 11.1 Å². The fourth-order valence-electron chi connectivity index (χ4n) is 4.54. The Bertz CT molecular complexity index is 892. The summed E-state index contributed by atoms with van der Waals surface area (Å²) in [5.74, 6) is 0.945. The molecule has 2 aromatic rings. The van der Waals surface area contributed by atoms with Crippen LogP contribution in [0.5, 0.6) is 5.75 Å². The average Bonchev–Trinajstić information content (AvgIpc) is 2.71. The molecule has 0 radical (unpaired) electrons. The summed E-state index contributed by atoms with van der Waals surface area (Å²) in [6.45, 7) is 9.63. The van der Waals surface area contributed by atoms with Crippen molar-refractivity contribution in [2.24, 2.45) is 11.3 Å². The minimum atomic E-state index is -0.778. The van der Waals surface area contributed by atoms with Gasteiger partial charge in [0.2, 0.25) is 0 Å². The summed E-state index contributed by atoms with van der Waals surface area (Å²) < 4.78 is 6.43. The number of hydrogen-bond donors (Lipinski definition) is 1. The van der Waals surface area contributed by atoms with Gasteiger partial charge >= 0.3 is 5.97 Å². The van der Waals surface area contributed by atoms with Gasteiger partial charge in [-0.1, -0.05) is 39.0 Å². The van der Waals surface area contributed by atoms with Crippen LogP contribution in [-0.4, -0.2) is 30.8 Å². The fraction of sp³-hybridized carbons (Fsp3) is 0.519. The van der Waals surface area contributed by atoms with Gasteiger partial charge in [-0.3, -0.25) is 4.79 Å². The molecule has 0 spiro atoms. The second-order valence-corrected chi connectivity index (χ2v) is 10.1. The van der Waals surface area contributed by atoms with Crippen LogP contribution in [0.4, 0.5) is 5.69 Å². The monoisotopic (exact) mass is 423 g/mol. The van der Waals surface area contributed by atoms with Crippen molar-refractivity contribution in [2.45, 2.75) is 65.9 Å². The van der Waals surface area contributed by atoms with Crippen molar-refractivity contribution in [3.8, 4) is 16.9 Å². The molecule has 1 N–H and O–H groups in total. The lowest BCUT2D eigenvalue weighted by Crippen LogP contribution is -2.30. The van der Waals surface area contributed by atoms with E-state index in [9.17, 15) is 4.79 Å². The first-order valence-corrected chi connectivity index (χ1v) is 11.4. The summed E-state index contributed by atoms with van der Waals surface area (Å²) >= 11 is 0. The number of hydrogen-bond acceptors (Lipinski definition) is 3. The van der Waals surface area contributed by atoms with Gasteiger partial charge in [0.1, 0.15) is 5.75 Å².